The molecule has 2 rings (SSSR count). The van der Waals surface area contributed by atoms with Crippen molar-refractivity contribution in [2.45, 2.75) is 26.0 Å². The topological polar surface area (TPSA) is 35.2 Å². The van der Waals surface area contributed by atoms with Gasteiger partial charge in [0.15, 0.2) is 0 Å². The van der Waals surface area contributed by atoms with Crippen molar-refractivity contribution in [3.63, 3.8) is 0 Å². The van der Waals surface area contributed by atoms with Crippen molar-refractivity contribution in [3.8, 4) is 5.75 Å². The third kappa shape index (κ3) is 3.81. The van der Waals surface area contributed by atoms with Crippen molar-refractivity contribution in [3.05, 3.63) is 49.0 Å². The van der Waals surface area contributed by atoms with Gasteiger partial charge in [-0.05, 0) is 69.5 Å². The Morgan fingerprint density at radius 2 is 1.95 bits per heavy atom. The van der Waals surface area contributed by atoms with Crippen LogP contribution in [0.4, 0.5) is 0 Å². The molecule has 5 heteroatoms. The maximum absolute atomic E-state index is 6.31. The lowest BCUT2D eigenvalue weighted by molar-refractivity contribution is 0.242. The molecule has 0 aliphatic carbocycles. The van der Waals surface area contributed by atoms with Gasteiger partial charge in [-0.15, -0.1) is 11.3 Å². The molecule has 102 valence electrons. The van der Waals surface area contributed by atoms with E-state index >= 15 is 0 Å². The quantitative estimate of drug-likeness (QED) is 0.768. The van der Waals surface area contributed by atoms with E-state index < -0.39 is 0 Å². The van der Waals surface area contributed by atoms with Crippen LogP contribution in [0.5, 0.6) is 5.75 Å². The molecule has 0 fully saturated rings. The maximum atomic E-state index is 6.31. The molecule has 0 saturated heterocycles. The Labute approximate surface area is 134 Å². The summed E-state index contributed by atoms with van der Waals surface area (Å²) in [5.74, 6) is 0.859. The average molecular weight is 405 g/mol. The van der Waals surface area contributed by atoms with Crippen molar-refractivity contribution in [2.75, 3.05) is 0 Å². The molecular formula is C14H15Br2NOS. The Morgan fingerprint density at radius 1 is 1.21 bits per heavy atom. The molecule has 0 aliphatic rings. The van der Waals surface area contributed by atoms with Gasteiger partial charge < -0.3 is 10.5 Å². The second kappa shape index (κ2) is 6.39. The molecule has 1 unspecified atom stereocenters. The van der Waals surface area contributed by atoms with E-state index in [2.05, 4.69) is 37.9 Å². The minimum absolute atomic E-state index is 0.136. The second-order valence-electron chi connectivity index (χ2n) is 4.49. The lowest BCUT2D eigenvalue weighted by Crippen LogP contribution is -2.11. The summed E-state index contributed by atoms with van der Waals surface area (Å²) in [6, 6.07) is 9.88. The van der Waals surface area contributed by atoms with Crippen LogP contribution in [0.25, 0.3) is 0 Å². The first-order valence-electron chi connectivity index (χ1n) is 5.94. The van der Waals surface area contributed by atoms with E-state index in [-0.39, 0.29) is 12.1 Å². The highest BCUT2D eigenvalue weighted by Crippen LogP contribution is 2.37. The van der Waals surface area contributed by atoms with Crippen LogP contribution in [-0.4, -0.2) is 6.10 Å². The van der Waals surface area contributed by atoms with Gasteiger partial charge in [0.1, 0.15) is 5.75 Å². The van der Waals surface area contributed by atoms with Gasteiger partial charge >= 0.3 is 0 Å². The molecule has 2 aromatic rings. The van der Waals surface area contributed by atoms with Crippen molar-refractivity contribution in [2.24, 2.45) is 5.73 Å². The number of rotatable bonds is 4. The lowest BCUT2D eigenvalue weighted by atomic mass is 10.1. The summed E-state index contributed by atoms with van der Waals surface area (Å²) >= 11 is 8.62. The molecule has 0 aliphatic heterocycles. The first-order valence-corrected chi connectivity index (χ1v) is 8.34. The molecule has 1 aromatic heterocycles. The molecule has 19 heavy (non-hydrogen) atoms. The zero-order valence-electron chi connectivity index (χ0n) is 10.7. The fraction of sp³-hybridized carbons (Fsp3) is 0.286. The molecule has 0 amide bonds. The van der Waals surface area contributed by atoms with E-state index in [1.807, 2.05) is 38.1 Å². The fourth-order valence-corrected chi connectivity index (χ4v) is 3.85. The highest BCUT2D eigenvalue weighted by atomic mass is 79.9. The van der Waals surface area contributed by atoms with Gasteiger partial charge in [-0.3, -0.25) is 0 Å². The third-order valence-electron chi connectivity index (χ3n) is 2.56. The zero-order chi connectivity index (χ0) is 14.0. The Morgan fingerprint density at radius 3 is 2.53 bits per heavy atom. The normalized spacial score (nSPS) is 12.7. The fourth-order valence-electron chi connectivity index (χ4n) is 1.73. The molecule has 1 atom stereocenters. The van der Waals surface area contributed by atoms with E-state index in [1.54, 1.807) is 11.3 Å². The van der Waals surface area contributed by atoms with Crippen molar-refractivity contribution >= 4 is 43.2 Å². The highest BCUT2D eigenvalue weighted by molar-refractivity contribution is 9.13. The summed E-state index contributed by atoms with van der Waals surface area (Å²) in [5.41, 5.74) is 7.37. The van der Waals surface area contributed by atoms with Gasteiger partial charge in [0, 0.05) is 9.35 Å². The van der Waals surface area contributed by atoms with E-state index in [0.29, 0.717) is 0 Å². The number of thiophene rings is 1. The monoisotopic (exact) mass is 403 g/mol. The van der Waals surface area contributed by atoms with Gasteiger partial charge in [0.25, 0.3) is 0 Å². The summed E-state index contributed by atoms with van der Waals surface area (Å²) in [6.45, 7) is 4.03. The summed E-state index contributed by atoms with van der Waals surface area (Å²) < 4.78 is 7.80. The number of hydrogen-bond acceptors (Lipinski definition) is 3. The van der Waals surface area contributed by atoms with Crippen molar-refractivity contribution < 1.29 is 4.74 Å². The summed E-state index contributed by atoms with van der Waals surface area (Å²) in [5, 5.41) is 0. The van der Waals surface area contributed by atoms with Gasteiger partial charge in [0.05, 0.1) is 15.9 Å². The van der Waals surface area contributed by atoms with Crippen LogP contribution in [0.2, 0.25) is 0 Å². The van der Waals surface area contributed by atoms with Crippen molar-refractivity contribution in [1.29, 1.82) is 0 Å². The van der Waals surface area contributed by atoms with Crippen LogP contribution < -0.4 is 10.5 Å². The lowest BCUT2D eigenvalue weighted by Gasteiger charge is -2.14. The smallest absolute Gasteiger partial charge is 0.120 e. The molecular weight excluding hydrogens is 390 g/mol. The van der Waals surface area contributed by atoms with Crippen LogP contribution in [0.1, 0.15) is 30.3 Å². The van der Waals surface area contributed by atoms with E-state index in [1.165, 1.54) is 0 Å². The Balaban J connectivity index is 2.25. The van der Waals surface area contributed by atoms with E-state index in [9.17, 15) is 0 Å². The van der Waals surface area contributed by atoms with Crippen LogP contribution in [0.3, 0.4) is 0 Å². The first-order chi connectivity index (χ1) is 8.97. The summed E-state index contributed by atoms with van der Waals surface area (Å²) in [6.07, 6.45) is 0.163. The molecule has 1 heterocycles. The van der Waals surface area contributed by atoms with Gasteiger partial charge in [-0.2, -0.15) is 0 Å². The maximum Gasteiger partial charge on any atom is 0.120 e. The SMILES string of the molecule is CC(C)Oc1cccc(C(N)c2cc(Br)c(Br)s2)c1. The predicted octanol–water partition coefficient (Wildman–Crippen LogP) is 5.11. The molecule has 0 radical (unpaired) electrons. The number of ether oxygens (including phenoxy) is 1. The summed E-state index contributed by atoms with van der Waals surface area (Å²) in [7, 11) is 0. The number of halogens is 2. The molecule has 0 bridgehead atoms. The first kappa shape index (κ1) is 15.0. The second-order valence-corrected chi connectivity index (χ2v) is 7.74. The Bertz CT molecular complexity index is 549. The zero-order valence-corrected chi connectivity index (χ0v) is 14.7. The summed E-state index contributed by atoms with van der Waals surface area (Å²) in [4.78, 5) is 1.11. The van der Waals surface area contributed by atoms with Crippen molar-refractivity contribution in [1.82, 2.24) is 0 Å². The van der Waals surface area contributed by atoms with Crippen LogP contribution in [0.15, 0.2) is 38.6 Å². The molecule has 0 spiro atoms. The van der Waals surface area contributed by atoms with Gasteiger partial charge in [-0.25, -0.2) is 0 Å². The highest BCUT2D eigenvalue weighted by Gasteiger charge is 2.14. The Hall–Kier alpha value is -0.360. The van der Waals surface area contributed by atoms with Crippen LogP contribution >= 0.6 is 43.2 Å². The molecule has 2 nitrogen and oxygen atoms in total. The number of hydrogen-bond donors (Lipinski definition) is 1. The van der Waals surface area contributed by atoms with E-state index in [0.717, 1.165) is 24.4 Å². The predicted molar refractivity (Wildman–Crippen MR) is 88.0 cm³/mol. The minimum Gasteiger partial charge on any atom is -0.491 e. The molecule has 1 aromatic carbocycles. The van der Waals surface area contributed by atoms with Gasteiger partial charge in [0.2, 0.25) is 0 Å². The van der Waals surface area contributed by atoms with E-state index in [4.69, 9.17) is 10.5 Å². The van der Waals surface area contributed by atoms with Crippen LogP contribution in [-0.2, 0) is 0 Å². The minimum atomic E-state index is -0.136. The third-order valence-corrected chi connectivity index (χ3v) is 5.90. The van der Waals surface area contributed by atoms with Gasteiger partial charge in [-0.1, -0.05) is 12.1 Å². The average Bonchev–Trinajstić information content (AvgIpc) is 2.68. The Kier molecular flexibility index (Phi) is 5.06. The largest absolute Gasteiger partial charge is 0.491 e. The standard InChI is InChI=1S/C14H15Br2NOS/c1-8(2)18-10-5-3-4-9(6-10)13(17)12-7-11(15)14(16)19-12/h3-8,13H,17H2,1-2H3. The molecule has 2 N–H and O–H groups in total. The molecule has 0 saturated carbocycles. The van der Waals surface area contributed by atoms with Crippen LogP contribution in [0, 0.1) is 0 Å². The number of benzene rings is 1. The number of nitrogens with two attached hydrogens (primary N) is 1.